The first-order chi connectivity index (χ1) is 12.7. The summed E-state index contributed by atoms with van der Waals surface area (Å²) >= 11 is 0. The summed E-state index contributed by atoms with van der Waals surface area (Å²) in [5, 5.41) is 6.48. The molecule has 1 amide bonds. The average molecular weight is 387 g/mol. The summed E-state index contributed by atoms with van der Waals surface area (Å²) in [5.41, 5.74) is -1.11. The fourth-order valence-electron chi connectivity index (χ4n) is 2.88. The van der Waals surface area contributed by atoms with Crippen LogP contribution in [-0.4, -0.2) is 43.6 Å². The number of hydrogen-bond donors (Lipinski definition) is 1. The Labute approximate surface area is 149 Å². The molecule has 1 fully saturated rings. The molecular weight excluding hydrogens is 371 g/mol. The number of nitrogens with zero attached hydrogens (tertiary/aromatic N) is 4. The molecule has 0 aromatic carbocycles. The minimum atomic E-state index is -4.68. The molecule has 0 radical (unpaired) electrons. The number of halogens is 3. The molecule has 9 nitrogen and oxygen atoms in total. The maximum absolute atomic E-state index is 12.5. The van der Waals surface area contributed by atoms with Gasteiger partial charge in [-0.3, -0.25) is 14.6 Å². The molecule has 146 valence electrons. The van der Waals surface area contributed by atoms with Gasteiger partial charge in [-0.1, -0.05) is 0 Å². The third-order valence-corrected chi connectivity index (χ3v) is 4.34. The number of piperidine rings is 1. The van der Waals surface area contributed by atoms with Gasteiger partial charge in [-0.15, -0.1) is 10.2 Å². The first-order valence-electron chi connectivity index (χ1n) is 8.22. The number of carbonyl (C=O) groups excluding carboxylic acids is 1. The average Bonchev–Trinajstić information content (AvgIpc) is 3.11. The van der Waals surface area contributed by atoms with E-state index in [1.807, 2.05) is 0 Å². The Hall–Kier alpha value is -2.92. The molecular formula is C15H16F3N5O4. The van der Waals surface area contributed by atoms with Crippen molar-refractivity contribution < 1.29 is 22.4 Å². The molecule has 1 aliphatic heterocycles. The molecule has 0 atom stereocenters. The molecule has 12 heteroatoms. The molecule has 1 saturated heterocycles. The Morgan fingerprint density at radius 2 is 1.96 bits per heavy atom. The van der Waals surface area contributed by atoms with Crippen LogP contribution in [-0.2, 0) is 17.5 Å². The fourth-order valence-corrected chi connectivity index (χ4v) is 2.88. The second-order valence-corrected chi connectivity index (χ2v) is 6.15. The van der Waals surface area contributed by atoms with Crippen LogP contribution in [0.3, 0.4) is 0 Å². The van der Waals surface area contributed by atoms with Gasteiger partial charge in [-0.25, -0.2) is 4.79 Å². The zero-order chi connectivity index (χ0) is 19.6. The number of amides is 1. The number of aromatic nitrogens is 4. The monoisotopic (exact) mass is 387 g/mol. The summed E-state index contributed by atoms with van der Waals surface area (Å²) in [6, 6.07) is 1.19. The summed E-state index contributed by atoms with van der Waals surface area (Å²) < 4.78 is 43.5. The molecule has 3 heterocycles. The van der Waals surface area contributed by atoms with Gasteiger partial charge >= 0.3 is 17.8 Å². The van der Waals surface area contributed by atoms with Crippen LogP contribution in [0.2, 0.25) is 0 Å². The normalized spacial score (nSPS) is 15.9. The minimum Gasteiger partial charge on any atom is -0.417 e. The van der Waals surface area contributed by atoms with Gasteiger partial charge in [-0.05, 0) is 12.8 Å². The lowest BCUT2D eigenvalue weighted by atomic mass is 9.96. The van der Waals surface area contributed by atoms with Crippen LogP contribution >= 0.6 is 0 Å². The highest BCUT2D eigenvalue weighted by atomic mass is 19.4. The largest absolute Gasteiger partial charge is 0.470 e. The lowest BCUT2D eigenvalue weighted by Gasteiger charge is -2.30. The van der Waals surface area contributed by atoms with Crippen molar-refractivity contribution in [3.05, 3.63) is 44.9 Å². The lowest BCUT2D eigenvalue weighted by molar-refractivity contribution is -0.157. The maximum atomic E-state index is 12.5. The van der Waals surface area contributed by atoms with Gasteiger partial charge in [-0.2, -0.15) is 13.2 Å². The number of H-pyrrole nitrogens is 1. The smallest absolute Gasteiger partial charge is 0.417 e. The number of hydrogen-bond acceptors (Lipinski definition) is 6. The molecule has 1 N–H and O–H groups in total. The Morgan fingerprint density at radius 3 is 2.56 bits per heavy atom. The number of carbonyl (C=O) groups is 1. The van der Waals surface area contributed by atoms with Crippen LogP contribution in [0.4, 0.5) is 13.2 Å². The number of aromatic amines is 1. The number of likely N-dealkylation sites (tertiary alicyclic amines) is 1. The highest BCUT2D eigenvalue weighted by Gasteiger charge is 2.39. The van der Waals surface area contributed by atoms with Crippen LogP contribution in [0.1, 0.15) is 37.0 Å². The minimum absolute atomic E-state index is 0.0649. The molecule has 2 aromatic rings. The van der Waals surface area contributed by atoms with E-state index in [1.54, 1.807) is 4.90 Å². The predicted molar refractivity (Wildman–Crippen MR) is 83.8 cm³/mol. The van der Waals surface area contributed by atoms with Crippen molar-refractivity contribution in [2.24, 2.45) is 0 Å². The Balaban J connectivity index is 1.52. The van der Waals surface area contributed by atoms with Crippen LogP contribution < -0.4 is 11.2 Å². The van der Waals surface area contributed by atoms with E-state index in [-0.39, 0.29) is 30.7 Å². The van der Waals surface area contributed by atoms with Crippen LogP contribution in [0, 0.1) is 0 Å². The highest BCUT2D eigenvalue weighted by Crippen LogP contribution is 2.32. The molecule has 0 unspecified atom stereocenters. The second-order valence-electron chi connectivity index (χ2n) is 6.15. The Morgan fingerprint density at radius 1 is 1.26 bits per heavy atom. The van der Waals surface area contributed by atoms with E-state index < -0.39 is 23.3 Å². The van der Waals surface area contributed by atoms with E-state index >= 15 is 0 Å². The van der Waals surface area contributed by atoms with Crippen LogP contribution in [0.15, 0.2) is 26.3 Å². The zero-order valence-corrected chi connectivity index (χ0v) is 14.0. The SMILES string of the molecule is O=C(CCn1ccc(=O)[nH]c1=O)N1CCC(c2nnc(C(F)(F)F)o2)CC1. The van der Waals surface area contributed by atoms with Gasteiger partial charge in [0.05, 0.1) is 0 Å². The van der Waals surface area contributed by atoms with Crippen molar-refractivity contribution in [2.45, 2.75) is 37.9 Å². The van der Waals surface area contributed by atoms with Crippen molar-refractivity contribution in [1.29, 1.82) is 0 Å². The van der Waals surface area contributed by atoms with Gasteiger partial charge < -0.3 is 13.9 Å². The standard InChI is InChI=1S/C15H16F3N5O4/c16-15(17,18)13-21-20-12(27-13)9-1-5-22(6-2-9)11(25)4-8-23-7-3-10(24)19-14(23)26/h3,7,9H,1-2,4-6,8H2,(H,19,24,26). The van der Waals surface area contributed by atoms with Gasteiger partial charge in [0.2, 0.25) is 11.8 Å². The summed E-state index contributed by atoms with van der Waals surface area (Å²) in [4.78, 5) is 38.5. The number of nitrogens with one attached hydrogen (secondary N) is 1. The van der Waals surface area contributed by atoms with E-state index in [0.29, 0.717) is 25.9 Å². The topological polar surface area (TPSA) is 114 Å². The van der Waals surface area contributed by atoms with Crippen molar-refractivity contribution in [2.75, 3.05) is 13.1 Å². The van der Waals surface area contributed by atoms with E-state index in [4.69, 9.17) is 4.42 Å². The molecule has 0 aliphatic carbocycles. The number of aryl methyl sites for hydroxylation is 1. The first kappa shape index (κ1) is 18.9. The maximum Gasteiger partial charge on any atom is 0.470 e. The molecule has 3 rings (SSSR count). The lowest BCUT2D eigenvalue weighted by Crippen LogP contribution is -2.39. The van der Waals surface area contributed by atoms with E-state index in [0.717, 1.165) is 0 Å². The van der Waals surface area contributed by atoms with Crippen LogP contribution in [0.25, 0.3) is 0 Å². The first-order valence-corrected chi connectivity index (χ1v) is 8.22. The Bertz CT molecular complexity index is 924. The molecule has 0 saturated carbocycles. The van der Waals surface area contributed by atoms with Crippen molar-refractivity contribution in [1.82, 2.24) is 24.6 Å². The molecule has 0 bridgehead atoms. The number of alkyl halides is 3. The van der Waals surface area contributed by atoms with Gasteiger partial charge in [0.25, 0.3) is 5.56 Å². The molecule has 1 aliphatic rings. The summed E-state index contributed by atoms with van der Waals surface area (Å²) in [5.74, 6) is -1.97. The van der Waals surface area contributed by atoms with Gasteiger partial charge in [0.15, 0.2) is 0 Å². The third kappa shape index (κ3) is 4.44. The third-order valence-electron chi connectivity index (χ3n) is 4.34. The van der Waals surface area contributed by atoms with Crippen LogP contribution in [0.5, 0.6) is 0 Å². The summed E-state index contributed by atoms with van der Waals surface area (Å²) in [6.45, 7) is 0.800. The van der Waals surface area contributed by atoms with E-state index in [1.165, 1.54) is 16.8 Å². The van der Waals surface area contributed by atoms with Crippen molar-refractivity contribution in [3.8, 4) is 0 Å². The second kappa shape index (κ2) is 7.37. The van der Waals surface area contributed by atoms with E-state index in [9.17, 15) is 27.6 Å². The van der Waals surface area contributed by atoms with Crippen molar-refractivity contribution >= 4 is 5.91 Å². The zero-order valence-electron chi connectivity index (χ0n) is 14.0. The fraction of sp³-hybridized carbons (Fsp3) is 0.533. The van der Waals surface area contributed by atoms with Gasteiger partial charge in [0, 0.05) is 44.2 Å². The van der Waals surface area contributed by atoms with E-state index in [2.05, 4.69) is 15.2 Å². The summed E-state index contributed by atoms with van der Waals surface area (Å²) in [6.07, 6.45) is -2.49. The number of rotatable bonds is 4. The van der Waals surface area contributed by atoms with Gasteiger partial charge in [0.1, 0.15) is 0 Å². The molecule has 27 heavy (non-hydrogen) atoms. The quantitative estimate of drug-likeness (QED) is 0.828. The summed E-state index contributed by atoms with van der Waals surface area (Å²) in [7, 11) is 0. The predicted octanol–water partition coefficient (Wildman–Crippen LogP) is 0.735. The Kier molecular flexibility index (Phi) is 5.15. The molecule has 0 spiro atoms. The molecule has 2 aromatic heterocycles. The van der Waals surface area contributed by atoms with Crippen molar-refractivity contribution in [3.63, 3.8) is 0 Å². The highest BCUT2D eigenvalue weighted by molar-refractivity contribution is 5.76.